The Labute approximate surface area is 224 Å². The first kappa shape index (κ1) is 33.3. The van der Waals surface area contributed by atoms with Gasteiger partial charge in [-0.25, -0.2) is 22.6 Å². The van der Waals surface area contributed by atoms with Crippen LogP contribution >= 0.6 is 0 Å². The minimum Gasteiger partial charge on any atom is -0.475 e. The van der Waals surface area contributed by atoms with E-state index in [0.29, 0.717) is 22.8 Å². The van der Waals surface area contributed by atoms with Crippen molar-refractivity contribution >= 4 is 39.8 Å². The molecule has 1 heterocycles. The lowest BCUT2D eigenvalue weighted by Gasteiger charge is -2.13. The lowest BCUT2D eigenvalue weighted by molar-refractivity contribution is -0.192. The highest BCUT2D eigenvalue weighted by Crippen LogP contribution is 2.13. The van der Waals surface area contributed by atoms with Crippen molar-refractivity contribution in [3.63, 3.8) is 0 Å². The molecule has 0 fully saturated rings. The number of sulfonamides is 1. The minimum absolute atomic E-state index is 0.0976. The van der Waals surface area contributed by atoms with Gasteiger partial charge in [-0.3, -0.25) is 19.3 Å². The van der Waals surface area contributed by atoms with E-state index in [0.717, 1.165) is 6.20 Å². The van der Waals surface area contributed by atoms with Gasteiger partial charge in [0, 0.05) is 12.7 Å². The lowest BCUT2D eigenvalue weighted by Crippen LogP contribution is -2.44. The summed E-state index contributed by atoms with van der Waals surface area (Å²) in [6.07, 6.45) is -3.02. The number of halogens is 3. The summed E-state index contributed by atoms with van der Waals surface area (Å²) in [5.74, 6) is -4.04. The van der Waals surface area contributed by atoms with E-state index in [9.17, 15) is 40.8 Å². The molecule has 220 valence electrons. The Kier molecular flexibility index (Phi) is 12.5. The normalized spacial score (nSPS) is 11.8. The second-order valence-corrected chi connectivity index (χ2v) is 9.53. The molecule has 0 radical (unpaired) electrons. The summed E-state index contributed by atoms with van der Waals surface area (Å²) in [5, 5.41) is 9.51. The standard InChI is InChI=1S/C19H25N7O6S.C2HF3O2/c20-18(21)22-8-4-7-14(11-27)24-16(28)10-26-17(29)15(9-23-19(26)30)25-33(31,32)12-13-5-2-1-3-6-13;3-2(4,5)1(6)7/h1-3,5-6,9,11,14,25H,4,7-8,10,12H2,(H,23,30)(H,24,28)(H4,20,21,22);(H,6,7). The Morgan fingerprint density at radius 1 is 1.18 bits per heavy atom. The van der Waals surface area contributed by atoms with Gasteiger partial charge in [0.05, 0.1) is 11.8 Å². The number of benzene rings is 1. The Balaban J connectivity index is 0.00000101. The number of aromatic amines is 1. The molecule has 15 nitrogen and oxygen atoms in total. The second kappa shape index (κ2) is 15.0. The van der Waals surface area contributed by atoms with Crippen LogP contribution in [0.1, 0.15) is 18.4 Å². The number of aliphatic imine (C=N–C) groups is 1. The predicted molar refractivity (Wildman–Crippen MR) is 136 cm³/mol. The molecule has 1 aromatic carbocycles. The van der Waals surface area contributed by atoms with Crippen LogP contribution in [0, 0.1) is 0 Å². The number of aromatic nitrogens is 2. The monoisotopic (exact) mass is 593 g/mol. The number of carbonyl (C=O) groups excluding carboxylic acids is 2. The highest BCUT2D eigenvalue weighted by atomic mass is 32.2. The molecule has 0 bridgehead atoms. The van der Waals surface area contributed by atoms with E-state index in [-0.39, 0.29) is 18.9 Å². The number of anilines is 1. The zero-order chi connectivity index (χ0) is 30.5. The summed E-state index contributed by atoms with van der Waals surface area (Å²) in [6.45, 7) is -0.465. The molecule has 1 atom stereocenters. The van der Waals surface area contributed by atoms with Crippen molar-refractivity contribution in [3.8, 4) is 0 Å². The predicted octanol–water partition coefficient (Wildman–Crippen LogP) is -1.15. The molecule has 40 heavy (non-hydrogen) atoms. The third-order valence-corrected chi connectivity index (χ3v) is 5.79. The van der Waals surface area contributed by atoms with Crippen molar-refractivity contribution in [1.29, 1.82) is 0 Å². The number of nitrogens with one attached hydrogen (secondary N) is 3. The van der Waals surface area contributed by atoms with Crippen molar-refractivity contribution in [3.05, 3.63) is 62.9 Å². The fraction of sp³-hybridized carbons (Fsp3) is 0.333. The van der Waals surface area contributed by atoms with Crippen LogP contribution in [-0.2, 0) is 36.7 Å². The zero-order valence-electron chi connectivity index (χ0n) is 20.6. The summed E-state index contributed by atoms with van der Waals surface area (Å²) >= 11 is 0. The van der Waals surface area contributed by atoms with Crippen LogP contribution in [0.2, 0.25) is 0 Å². The van der Waals surface area contributed by atoms with Gasteiger partial charge >= 0.3 is 17.8 Å². The quantitative estimate of drug-likeness (QED) is 0.0746. The molecule has 8 N–H and O–H groups in total. The van der Waals surface area contributed by atoms with E-state index in [1.165, 1.54) is 0 Å². The smallest absolute Gasteiger partial charge is 0.475 e. The van der Waals surface area contributed by atoms with Gasteiger partial charge < -0.3 is 31.7 Å². The summed E-state index contributed by atoms with van der Waals surface area (Å²) in [4.78, 5) is 63.0. The van der Waals surface area contributed by atoms with Gasteiger partial charge in [0.1, 0.15) is 18.5 Å². The fourth-order valence-electron chi connectivity index (χ4n) is 2.81. The van der Waals surface area contributed by atoms with E-state index in [1.807, 2.05) is 0 Å². The van der Waals surface area contributed by atoms with Crippen LogP contribution in [0.3, 0.4) is 0 Å². The van der Waals surface area contributed by atoms with Gasteiger partial charge in [-0.05, 0) is 18.4 Å². The lowest BCUT2D eigenvalue weighted by atomic mass is 10.2. The number of carboxylic acids is 1. The Bertz CT molecular complexity index is 1420. The van der Waals surface area contributed by atoms with Crippen LogP contribution < -0.4 is 32.8 Å². The molecule has 0 aliphatic rings. The van der Waals surface area contributed by atoms with Crippen molar-refractivity contribution in [2.75, 3.05) is 11.3 Å². The molecule has 0 spiro atoms. The first-order chi connectivity index (χ1) is 18.6. The number of rotatable bonds is 12. The van der Waals surface area contributed by atoms with Gasteiger partial charge in [-0.1, -0.05) is 30.3 Å². The van der Waals surface area contributed by atoms with Crippen molar-refractivity contribution < 1.29 is 41.1 Å². The summed E-state index contributed by atoms with van der Waals surface area (Å²) < 4.78 is 59.2. The number of nitrogens with zero attached hydrogens (tertiary/aromatic N) is 2. The molecule has 2 aromatic rings. The van der Waals surface area contributed by atoms with Crippen molar-refractivity contribution in [2.45, 2.75) is 37.4 Å². The van der Waals surface area contributed by atoms with E-state index in [1.54, 1.807) is 30.3 Å². The van der Waals surface area contributed by atoms with Gasteiger partial charge in [0.15, 0.2) is 5.96 Å². The molecular weight excluding hydrogens is 567 g/mol. The molecule has 0 aliphatic carbocycles. The Morgan fingerprint density at radius 3 is 2.30 bits per heavy atom. The van der Waals surface area contributed by atoms with Gasteiger partial charge in [0.2, 0.25) is 15.9 Å². The number of carbonyl (C=O) groups is 3. The van der Waals surface area contributed by atoms with Gasteiger partial charge in [-0.2, -0.15) is 13.2 Å². The Hall–Kier alpha value is -4.68. The maximum absolute atomic E-state index is 12.6. The average molecular weight is 594 g/mol. The molecule has 1 amide bonds. The number of hydrogen-bond acceptors (Lipinski definition) is 8. The maximum Gasteiger partial charge on any atom is 0.490 e. The van der Waals surface area contributed by atoms with Gasteiger partial charge in [-0.15, -0.1) is 0 Å². The number of H-pyrrole nitrogens is 1. The molecule has 2 rings (SSSR count). The van der Waals surface area contributed by atoms with E-state index in [2.05, 4.69) is 20.0 Å². The first-order valence-corrected chi connectivity index (χ1v) is 12.7. The SMILES string of the molecule is NC(N)=NCCCC(C=O)NC(=O)Cn1c(=O)[nH]cc(NS(=O)(=O)Cc2ccccc2)c1=O.O=C(O)C(F)(F)F. The minimum atomic E-state index is -5.08. The zero-order valence-corrected chi connectivity index (χ0v) is 21.4. The molecule has 0 aliphatic heterocycles. The van der Waals surface area contributed by atoms with Crippen LogP contribution in [-0.4, -0.2) is 66.0 Å². The van der Waals surface area contributed by atoms with Crippen molar-refractivity contribution in [1.82, 2.24) is 14.9 Å². The van der Waals surface area contributed by atoms with Crippen LogP contribution in [0.5, 0.6) is 0 Å². The van der Waals surface area contributed by atoms with E-state index in [4.69, 9.17) is 21.4 Å². The van der Waals surface area contributed by atoms with Gasteiger partial charge in [0.25, 0.3) is 5.56 Å². The summed E-state index contributed by atoms with van der Waals surface area (Å²) in [7, 11) is -3.97. The third kappa shape index (κ3) is 12.2. The summed E-state index contributed by atoms with van der Waals surface area (Å²) in [5.41, 5.74) is 8.55. The average Bonchev–Trinajstić information content (AvgIpc) is 2.85. The molecular formula is C21H26F3N7O8S. The number of aliphatic carboxylic acids is 1. The highest BCUT2D eigenvalue weighted by Gasteiger charge is 2.38. The topological polar surface area (TPSA) is 249 Å². The van der Waals surface area contributed by atoms with Crippen LogP contribution in [0.4, 0.5) is 18.9 Å². The Morgan fingerprint density at radius 2 is 1.77 bits per heavy atom. The molecule has 1 aromatic heterocycles. The van der Waals surface area contributed by atoms with E-state index < -0.39 is 63.4 Å². The number of carboxylic acid groups (broad SMARTS) is 1. The largest absolute Gasteiger partial charge is 0.490 e. The number of hydrogen-bond donors (Lipinski definition) is 6. The van der Waals surface area contributed by atoms with Crippen molar-refractivity contribution in [2.24, 2.45) is 16.5 Å². The maximum atomic E-state index is 12.6. The number of nitrogens with two attached hydrogens (primary N) is 2. The molecule has 0 saturated carbocycles. The number of amides is 1. The highest BCUT2D eigenvalue weighted by molar-refractivity contribution is 7.91. The van der Waals surface area contributed by atoms with Crippen LogP contribution in [0.25, 0.3) is 0 Å². The second-order valence-electron chi connectivity index (χ2n) is 7.81. The molecule has 0 saturated heterocycles. The number of aldehydes is 1. The number of guanidine groups is 1. The van der Waals surface area contributed by atoms with Crippen LogP contribution in [0.15, 0.2) is 51.1 Å². The third-order valence-electron chi connectivity index (χ3n) is 4.55. The summed E-state index contributed by atoms with van der Waals surface area (Å²) in [6, 6.07) is 7.40. The first-order valence-electron chi connectivity index (χ1n) is 11.0. The van der Waals surface area contributed by atoms with E-state index >= 15 is 0 Å². The number of alkyl halides is 3. The molecule has 1 unspecified atom stereocenters. The molecule has 19 heteroatoms. The fourth-order valence-corrected chi connectivity index (χ4v) is 4.00.